The fourth-order valence-electron chi connectivity index (χ4n) is 2.22. The van der Waals surface area contributed by atoms with Gasteiger partial charge in [-0.1, -0.05) is 13.8 Å². The number of hydrogen-bond donors (Lipinski definition) is 1. The lowest BCUT2D eigenvalue weighted by Crippen LogP contribution is -2.44. The van der Waals surface area contributed by atoms with Crippen LogP contribution in [0.15, 0.2) is 0 Å². The van der Waals surface area contributed by atoms with Gasteiger partial charge in [-0.05, 0) is 45.5 Å². The van der Waals surface area contributed by atoms with Crippen molar-refractivity contribution in [2.24, 2.45) is 5.92 Å². The lowest BCUT2D eigenvalue weighted by atomic mass is 10.0. The van der Waals surface area contributed by atoms with E-state index in [1.807, 2.05) is 11.8 Å². The average molecular weight is 244 g/mol. The Bertz CT molecular complexity index is 204. The Morgan fingerprint density at radius 1 is 1.44 bits per heavy atom. The Balaban J connectivity index is 2.52. The smallest absolute Gasteiger partial charge is 0.0227 e. The summed E-state index contributed by atoms with van der Waals surface area (Å²) in [6.07, 6.45) is 3.50. The molecule has 2 nitrogen and oxygen atoms in total. The minimum atomic E-state index is 0.381. The highest BCUT2D eigenvalue weighted by molar-refractivity contribution is 7.99. The second kappa shape index (κ2) is 6.27. The zero-order chi connectivity index (χ0) is 12.2. The van der Waals surface area contributed by atoms with Gasteiger partial charge in [-0.15, -0.1) is 0 Å². The van der Waals surface area contributed by atoms with Crippen molar-refractivity contribution in [3.05, 3.63) is 0 Å². The van der Waals surface area contributed by atoms with Gasteiger partial charge in [-0.2, -0.15) is 11.8 Å². The van der Waals surface area contributed by atoms with Gasteiger partial charge in [-0.3, -0.25) is 0 Å². The van der Waals surface area contributed by atoms with E-state index < -0.39 is 0 Å². The summed E-state index contributed by atoms with van der Waals surface area (Å²) in [5.74, 6) is 0.734. The van der Waals surface area contributed by atoms with Crippen LogP contribution in [0.1, 0.15) is 34.1 Å². The first-order chi connectivity index (χ1) is 7.44. The maximum Gasteiger partial charge on any atom is 0.0227 e. The lowest BCUT2D eigenvalue weighted by molar-refractivity contribution is 0.232. The molecular formula is C13H28N2S. The van der Waals surface area contributed by atoms with Crippen LogP contribution >= 0.6 is 11.8 Å². The minimum Gasteiger partial charge on any atom is -0.312 e. The lowest BCUT2D eigenvalue weighted by Gasteiger charge is -2.33. The Hall–Kier alpha value is 0.270. The minimum absolute atomic E-state index is 0.381. The number of thioether (sulfide) groups is 1. The van der Waals surface area contributed by atoms with E-state index in [2.05, 4.69) is 44.2 Å². The first-order valence-electron chi connectivity index (χ1n) is 6.45. The molecule has 3 heteroatoms. The van der Waals surface area contributed by atoms with Gasteiger partial charge in [0, 0.05) is 23.9 Å². The van der Waals surface area contributed by atoms with Crippen LogP contribution in [0.25, 0.3) is 0 Å². The van der Waals surface area contributed by atoms with Crippen molar-refractivity contribution in [1.29, 1.82) is 0 Å². The maximum atomic E-state index is 3.67. The van der Waals surface area contributed by atoms with E-state index >= 15 is 0 Å². The summed E-state index contributed by atoms with van der Waals surface area (Å²) >= 11 is 1.98. The van der Waals surface area contributed by atoms with Crippen molar-refractivity contribution in [2.75, 3.05) is 32.4 Å². The van der Waals surface area contributed by atoms with Crippen LogP contribution in [0, 0.1) is 5.92 Å². The number of rotatable bonds is 4. The van der Waals surface area contributed by atoms with E-state index in [1.165, 1.54) is 32.6 Å². The summed E-state index contributed by atoms with van der Waals surface area (Å²) in [6.45, 7) is 14.2. The molecule has 0 radical (unpaired) electrons. The Kier molecular flexibility index (Phi) is 5.62. The van der Waals surface area contributed by atoms with Crippen LogP contribution in [0.5, 0.6) is 0 Å². The van der Waals surface area contributed by atoms with Crippen molar-refractivity contribution >= 4 is 11.8 Å². The SMILES string of the molecule is CSC(C)(C)CN1CCCNC(C(C)C)C1. The van der Waals surface area contributed by atoms with Gasteiger partial charge in [0.25, 0.3) is 0 Å². The topological polar surface area (TPSA) is 15.3 Å². The predicted molar refractivity (Wildman–Crippen MR) is 75.3 cm³/mol. The second-order valence-corrected chi connectivity index (χ2v) is 7.37. The highest BCUT2D eigenvalue weighted by Crippen LogP contribution is 2.23. The summed E-state index contributed by atoms with van der Waals surface area (Å²) in [5.41, 5.74) is 0. The predicted octanol–water partition coefficient (Wildman–Crippen LogP) is 2.45. The molecular weight excluding hydrogens is 216 g/mol. The van der Waals surface area contributed by atoms with Crippen LogP contribution in [-0.2, 0) is 0 Å². The van der Waals surface area contributed by atoms with Crippen molar-refractivity contribution in [2.45, 2.75) is 44.9 Å². The summed E-state index contributed by atoms with van der Waals surface area (Å²) in [7, 11) is 0. The second-order valence-electron chi connectivity index (χ2n) is 5.86. The Morgan fingerprint density at radius 3 is 2.69 bits per heavy atom. The van der Waals surface area contributed by atoms with E-state index in [9.17, 15) is 0 Å². The van der Waals surface area contributed by atoms with Crippen LogP contribution in [0.3, 0.4) is 0 Å². The monoisotopic (exact) mass is 244 g/mol. The number of hydrogen-bond acceptors (Lipinski definition) is 3. The van der Waals surface area contributed by atoms with Crippen LogP contribution in [0.4, 0.5) is 0 Å². The first kappa shape index (κ1) is 14.3. The van der Waals surface area contributed by atoms with E-state index in [-0.39, 0.29) is 0 Å². The van der Waals surface area contributed by atoms with E-state index in [1.54, 1.807) is 0 Å². The van der Waals surface area contributed by atoms with Gasteiger partial charge in [0.1, 0.15) is 0 Å². The number of nitrogens with one attached hydrogen (secondary N) is 1. The van der Waals surface area contributed by atoms with Gasteiger partial charge in [-0.25, -0.2) is 0 Å². The number of nitrogens with zero attached hydrogens (tertiary/aromatic N) is 1. The van der Waals surface area contributed by atoms with E-state index in [0.29, 0.717) is 10.8 Å². The zero-order valence-corrected chi connectivity index (χ0v) is 12.4. The Morgan fingerprint density at radius 2 is 2.12 bits per heavy atom. The Labute approximate surface area is 106 Å². The van der Waals surface area contributed by atoms with Gasteiger partial charge in [0.15, 0.2) is 0 Å². The molecule has 1 fully saturated rings. The van der Waals surface area contributed by atoms with E-state index in [0.717, 1.165) is 5.92 Å². The molecule has 1 aliphatic heterocycles. The third-order valence-corrected chi connectivity index (χ3v) is 4.71. The molecule has 0 aliphatic carbocycles. The van der Waals surface area contributed by atoms with Gasteiger partial charge >= 0.3 is 0 Å². The van der Waals surface area contributed by atoms with Gasteiger partial charge in [0.05, 0.1) is 0 Å². The molecule has 0 amide bonds. The molecule has 1 unspecified atom stereocenters. The molecule has 1 N–H and O–H groups in total. The molecule has 96 valence electrons. The fraction of sp³-hybridized carbons (Fsp3) is 1.00. The molecule has 0 aromatic carbocycles. The highest BCUT2D eigenvalue weighted by Gasteiger charge is 2.25. The molecule has 1 aliphatic rings. The summed E-state index contributed by atoms with van der Waals surface area (Å²) in [5, 5.41) is 3.67. The highest BCUT2D eigenvalue weighted by atomic mass is 32.2. The molecule has 0 spiro atoms. The summed E-state index contributed by atoms with van der Waals surface area (Å²) in [4.78, 5) is 2.64. The molecule has 0 saturated carbocycles. The van der Waals surface area contributed by atoms with Crippen LogP contribution in [-0.4, -0.2) is 48.1 Å². The zero-order valence-electron chi connectivity index (χ0n) is 11.5. The fourth-order valence-corrected chi connectivity index (χ4v) is 2.53. The maximum absolute atomic E-state index is 3.67. The third-order valence-electron chi connectivity index (χ3n) is 3.47. The van der Waals surface area contributed by atoms with Crippen molar-refractivity contribution in [3.8, 4) is 0 Å². The quantitative estimate of drug-likeness (QED) is 0.818. The standard InChI is InChI=1S/C13H28N2S/c1-11(2)12-9-15(8-6-7-14-12)10-13(3,4)16-5/h11-12,14H,6-10H2,1-5H3. The molecule has 0 aromatic heterocycles. The summed E-state index contributed by atoms with van der Waals surface area (Å²) < 4.78 is 0.381. The van der Waals surface area contributed by atoms with Crippen molar-refractivity contribution < 1.29 is 0 Å². The normalized spacial score (nSPS) is 24.8. The molecule has 0 aromatic rings. The molecule has 1 atom stereocenters. The largest absolute Gasteiger partial charge is 0.312 e. The molecule has 16 heavy (non-hydrogen) atoms. The van der Waals surface area contributed by atoms with Crippen molar-refractivity contribution in [1.82, 2.24) is 10.2 Å². The molecule has 1 saturated heterocycles. The van der Waals surface area contributed by atoms with Gasteiger partial charge in [0.2, 0.25) is 0 Å². The van der Waals surface area contributed by atoms with Crippen molar-refractivity contribution in [3.63, 3.8) is 0 Å². The third kappa shape index (κ3) is 4.64. The molecule has 1 heterocycles. The molecule has 1 rings (SSSR count). The van der Waals surface area contributed by atoms with Crippen LogP contribution in [0.2, 0.25) is 0 Å². The van der Waals surface area contributed by atoms with Crippen LogP contribution < -0.4 is 5.32 Å². The summed E-state index contributed by atoms with van der Waals surface area (Å²) in [6, 6.07) is 0.667. The first-order valence-corrected chi connectivity index (χ1v) is 7.68. The van der Waals surface area contributed by atoms with E-state index in [4.69, 9.17) is 0 Å². The molecule has 0 bridgehead atoms. The average Bonchev–Trinajstić information content (AvgIpc) is 2.43. The van der Waals surface area contributed by atoms with Gasteiger partial charge < -0.3 is 10.2 Å².